The highest BCUT2D eigenvalue weighted by atomic mass is 32.1. The Morgan fingerprint density at radius 3 is 2.83 bits per heavy atom. The third kappa shape index (κ3) is 4.02. The number of thiophene rings is 1. The zero-order chi connectivity index (χ0) is 16.2. The number of carbonyl (C=O) groups is 1. The molecule has 0 unspecified atom stereocenters. The quantitative estimate of drug-likeness (QED) is 0.741. The van der Waals surface area contributed by atoms with Gasteiger partial charge in [-0.3, -0.25) is 4.79 Å². The van der Waals surface area contributed by atoms with Crippen molar-refractivity contribution in [1.29, 1.82) is 0 Å². The fraction of sp³-hybridized carbons (Fsp3) is 0.333. The zero-order valence-corrected chi connectivity index (χ0v) is 14.4. The van der Waals surface area contributed by atoms with Gasteiger partial charge in [-0.05, 0) is 36.2 Å². The first-order chi connectivity index (χ1) is 11.1. The Bertz CT molecular complexity index is 779. The highest BCUT2D eigenvalue weighted by Gasteiger charge is 2.20. The number of aromatic nitrogens is 3. The largest absolute Gasteiger partial charge is 0.346 e. The summed E-state index contributed by atoms with van der Waals surface area (Å²) in [5.41, 5.74) is 3.35. The molecule has 1 amide bonds. The molecule has 0 saturated heterocycles. The summed E-state index contributed by atoms with van der Waals surface area (Å²) in [5, 5.41) is 17.5. The normalized spacial score (nSPS) is 12.3. The van der Waals surface area contributed by atoms with E-state index in [9.17, 15) is 4.79 Å². The van der Waals surface area contributed by atoms with Gasteiger partial charge in [0.25, 0.3) is 0 Å². The van der Waals surface area contributed by atoms with Crippen LogP contribution >= 0.6 is 22.7 Å². The van der Waals surface area contributed by atoms with Gasteiger partial charge in [-0.1, -0.05) is 10.3 Å². The summed E-state index contributed by atoms with van der Waals surface area (Å²) in [5.74, 6) is -0.114. The number of thiazole rings is 1. The Morgan fingerprint density at radius 1 is 1.35 bits per heavy atom. The highest BCUT2D eigenvalue weighted by Crippen LogP contribution is 2.23. The van der Waals surface area contributed by atoms with E-state index in [4.69, 9.17) is 0 Å². The van der Waals surface area contributed by atoms with E-state index in [2.05, 4.69) is 36.7 Å². The van der Waals surface area contributed by atoms with E-state index in [1.54, 1.807) is 29.6 Å². The summed E-state index contributed by atoms with van der Waals surface area (Å²) in [6.07, 6.45) is 0.873. The first-order valence-corrected chi connectivity index (χ1v) is 8.94. The van der Waals surface area contributed by atoms with Crippen LogP contribution in [-0.4, -0.2) is 21.2 Å². The second-order valence-electron chi connectivity index (χ2n) is 5.26. The summed E-state index contributed by atoms with van der Waals surface area (Å²) in [7, 11) is 0. The molecule has 3 rings (SSSR count). The van der Waals surface area contributed by atoms with Crippen molar-refractivity contribution in [3.8, 4) is 0 Å². The Kier molecular flexibility index (Phi) is 4.82. The van der Waals surface area contributed by atoms with Crippen LogP contribution in [0.15, 0.2) is 26.8 Å². The minimum Gasteiger partial charge on any atom is -0.346 e. The van der Waals surface area contributed by atoms with Gasteiger partial charge in [0.2, 0.25) is 5.91 Å². The van der Waals surface area contributed by atoms with Gasteiger partial charge in [-0.25, -0.2) is 9.61 Å². The molecule has 0 saturated carbocycles. The minimum atomic E-state index is -0.143. The van der Waals surface area contributed by atoms with E-state index >= 15 is 0 Å². The predicted molar refractivity (Wildman–Crippen MR) is 88.5 cm³/mol. The summed E-state index contributed by atoms with van der Waals surface area (Å²) in [6.45, 7) is 3.72. The van der Waals surface area contributed by atoms with Gasteiger partial charge in [0.05, 0.1) is 12.5 Å². The molecule has 120 valence electrons. The van der Waals surface area contributed by atoms with E-state index in [0.29, 0.717) is 11.4 Å². The van der Waals surface area contributed by atoms with E-state index in [-0.39, 0.29) is 18.4 Å². The van der Waals surface area contributed by atoms with Crippen molar-refractivity contribution >= 4 is 28.6 Å². The number of rotatable bonds is 6. The molecule has 0 aliphatic heterocycles. The third-order valence-corrected chi connectivity index (χ3v) is 5.17. The lowest BCUT2D eigenvalue weighted by atomic mass is 10.1. The van der Waals surface area contributed by atoms with E-state index in [0.717, 1.165) is 17.1 Å². The van der Waals surface area contributed by atoms with Crippen molar-refractivity contribution in [2.45, 2.75) is 32.7 Å². The number of aryl methyl sites for hydroxylation is 2. The number of nitrogens with one attached hydrogen (secondary N) is 1. The Hall–Kier alpha value is -2.06. The number of hydrogen-bond acceptors (Lipinski definition) is 7. The van der Waals surface area contributed by atoms with Crippen LogP contribution in [0.1, 0.15) is 33.7 Å². The molecule has 0 spiro atoms. The summed E-state index contributed by atoms with van der Waals surface area (Å²) < 4.78 is 4.64. The van der Waals surface area contributed by atoms with Gasteiger partial charge in [-0.15, -0.1) is 11.3 Å². The average molecular weight is 348 g/mol. The SMILES string of the molecule is Cc1csc([C@H](Cc2ccsc2)NC(=O)Cc2nonc2C)n1. The fourth-order valence-electron chi connectivity index (χ4n) is 2.18. The van der Waals surface area contributed by atoms with Crippen molar-refractivity contribution in [2.75, 3.05) is 0 Å². The topological polar surface area (TPSA) is 80.9 Å². The smallest absolute Gasteiger partial charge is 0.226 e. The van der Waals surface area contributed by atoms with Crippen LogP contribution in [-0.2, 0) is 17.6 Å². The number of nitrogens with zero attached hydrogens (tertiary/aromatic N) is 3. The lowest BCUT2D eigenvalue weighted by Crippen LogP contribution is -2.31. The molecule has 3 aromatic rings. The molecule has 0 fully saturated rings. The van der Waals surface area contributed by atoms with Crippen LogP contribution < -0.4 is 5.32 Å². The molecular formula is C15H16N4O2S2. The van der Waals surface area contributed by atoms with Crippen LogP contribution in [0.5, 0.6) is 0 Å². The molecule has 3 aromatic heterocycles. The molecule has 8 heteroatoms. The van der Waals surface area contributed by atoms with E-state index < -0.39 is 0 Å². The molecule has 0 radical (unpaired) electrons. The van der Waals surface area contributed by atoms with E-state index in [1.165, 1.54) is 5.56 Å². The molecule has 3 heterocycles. The molecule has 0 aromatic carbocycles. The van der Waals surface area contributed by atoms with Crippen molar-refractivity contribution < 1.29 is 9.42 Å². The molecule has 23 heavy (non-hydrogen) atoms. The monoisotopic (exact) mass is 348 g/mol. The molecule has 0 bridgehead atoms. The van der Waals surface area contributed by atoms with Crippen molar-refractivity contribution in [1.82, 2.24) is 20.6 Å². The van der Waals surface area contributed by atoms with Crippen LogP contribution in [0, 0.1) is 13.8 Å². The van der Waals surface area contributed by atoms with Crippen LogP contribution in [0.25, 0.3) is 0 Å². The van der Waals surface area contributed by atoms with Gasteiger partial charge in [-0.2, -0.15) is 11.3 Å². The van der Waals surface area contributed by atoms with Gasteiger partial charge < -0.3 is 5.32 Å². The third-order valence-electron chi connectivity index (χ3n) is 3.36. The predicted octanol–water partition coefficient (Wildman–Crippen LogP) is 2.85. The lowest BCUT2D eigenvalue weighted by Gasteiger charge is -2.15. The van der Waals surface area contributed by atoms with E-state index in [1.807, 2.05) is 17.7 Å². The summed E-state index contributed by atoms with van der Waals surface area (Å²) in [4.78, 5) is 16.9. The first kappa shape index (κ1) is 15.8. The Labute approximate surface area is 141 Å². The van der Waals surface area contributed by atoms with Gasteiger partial charge >= 0.3 is 0 Å². The average Bonchev–Trinajstić information content (AvgIpc) is 3.23. The maximum Gasteiger partial charge on any atom is 0.226 e. The standard InChI is InChI=1S/C15H16N4O2S2/c1-9-7-23-15(16-9)13(5-11-3-4-22-8-11)17-14(20)6-12-10(2)18-21-19-12/h3-4,7-8,13H,5-6H2,1-2H3,(H,17,20)/t13-/m0/s1. The number of carbonyl (C=O) groups excluding carboxylic acids is 1. The van der Waals surface area contributed by atoms with Crippen molar-refractivity contribution in [3.05, 3.63) is 49.9 Å². The second-order valence-corrected chi connectivity index (χ2v) is 6.93. The van der Waals surface area contributed by atoms with Crippen LogP contribution in [0.3, 0.4) is 0 Å². The second kappa shape index (κ2) is 7.01. The first-order valence-electron chi connectivity index (χ1n) is 7.12. The number of hydrogen-bond donors (Lipinski definition) is 1. The molecule has 6 nitrogen and oxygen atoms in total. The van der Waals surface area contributed by atoms with Gasteiger partial charge in [0.1, 0.15) is 16.4 Å². The Balaban J connectivity index is 1.72. The van der Waals surface area contributed by atoms with Crippen molar-refractivity contribution in [3.63, 3.8) is 0 Å². The van der Waals surface area contributed by atoms with Crippen LogP contribution in [0.4, 0.5) is 0 Å². The maximum absolute atomic E-state index is 12.3. The number of amides is 1. The molecular weight excluding hydrogens is 332 g/mol. The summed E-state index contributed by atoms with van der Waals surface area (Å²) in [6, 6.07) is 1.92. The molecule has 1 atom stereocenters. The molecule has 0 aliphatic carbocycles. The fourth-order valence-corrected chi connectivity index (χ4v) is 3.71. The zero-order valence-electron chi connectivity index (χ0n) is 12.8. The maximum atomic E-state index is 12.3. The highest BCUT2D eigenvalue weighted by molar-refractivity contribution is 7.09. The molecule has 0 aliphatic rings. The lowest BCUT2D eigenvalue weighted by molar-refractivity contribution is -0.121. The molecule has 1 N–H and O–H groups in total. The van der Waals surface area contributed by atoms with Gasteiger partial charge in [0.15, 0.2) is 0 Å². The van der Waals surface area contributed by atoms with Crippen molar-refractivity contribution in [2.24, 2.45) is 0 Å². The van der Waals surface area contributed by atoms with Crippen LogP contribution in [0.2, 0.25) is 0 Å². The Morgan fingerprint density at radius 2 is 2.22 bits per heavy atom. The minimum absolute atomic E-state index is 0.114. The summed E-state index contributed by atoms with van der Waals surface area (Å²) >= 11 is 3.21. The van der Waals surface area contributed by atoms with Gasteiger partial charge in [0, 0.05) is 17.5 Å².